The van der Waals surface area contributed by atoms with E-state index < -0.39 is 17.6 Å². The SMILES string of the molecule is COc1ccc(C2=C(O)C(=O)N(c3ccc(C(C)C)cc3)C2=O)cc1. The molecule has 5 heteroatoms. The number of rotatable bonds is 4. The Morgan fingerprint density at radius 3 is 2.04 bits per heavy atom. The lowest BCUT2D eigenvalue weighted by atomic mass is 10.0. The first-order valence-corrected chi connectivity index (χ1v) is 8.00. The predicted molar refractivity (Wildman–Crippen MR) is 95.6 cm³/mol. The highest BCUT2D eigenvalue weighted by Gasteiger charge is 2.40. The Labute approximate surface area is 146 Å². The zero-order chi connectivity index (χ0) is 18.1. The number of benzene rings is 2. The van der Waals surface area contributed by atoms with Gasteiger partial charge in [0, 0.05) is 0 Å². The van der Waals surface area contributed by atoms with E-state index in [4.69, 9.17) is 4.74 Å². The number of imide groups is 1. The van der Waals surface area contributed by atoms with Crippen LogP contribution in [-0.2, 0) is 9.59 Å². The number of carbonyl (C=O) groups excluding carboxylic acids is 2. The summed E-state index contributed by atoms with van der Waals surface area (Å²) in [5.74, 6) is -0.816. The summed E-state index contributed by atoms with van der Waals surface area (Å²) in [7, 11) is 1.54. The van der Waals surface area contributed by atoms with Crippen molar-refractivity contribution in [2.45, 2.75) is 19.8 Å². The van der Waals surface area contributed by atoms with Crippen molar-refractivity contribution >= 4 is 23.1 Å². The summed E-state index contributed by atoms with van der Waals surface area (Å²) >= 11 is 0. The van der Waals surface area contributed by atoms with Gasteiger partial charge in [-0.3, -0.25) is 9.59 Å². The number of hydrogen-bond donors (Lipinski definition) is 1. The van der Waals surface area contributed by atoms with Crippen molar-refractivity contribution in [2.75, 3.05) is 12.0 Å². The topological polar surface area (TPSA) is 66.8 Å². The van der Waals surface area contributed by atoms with Crippen LogP contribution in [0.4, 0.5) is 5.69 Å². The van der Waals surface area contributed by atoms with Gasteiger partial charge in [-0.15, -0.1) is 0 Å². The zero-order valence-corrected chi connectivity index (χ0v) is 14.3. The Balaban J connectivity index is 1.95. The van der Waals surface area contributed by atoms with Gasteiger partial charge in [-0.25, -0.2) is 4.90 Å². The molecule has 128 valence electrons. The van der Waals surface area contributed by atoms with Gasteiger partial charge < -0.3 is 9.84 Å². The third kappa shape index (κ3) is 2.89. The Morgan fingerprint density at radius 2 is 1.52 bits per heavy atom. The fraction of sp³-hybridized carbons (Fsp3) is 0.200. The van der Waals surface area contributed by atoms with Crippen LogP contribution in [0.5, 0.6) is 5.75 Å². The molecule has 0 bridgehead atoms. The summed E-state index contributed by atoms with van der Waals surface area (Å²) in [6.45, 7) is 4.13. The molecule has 25 heavy (non-hydrogen) atoms. The fourth-order valence-corrected chi connectivity index (χ4v) is 2.78. The molecule has 0 saturated carbocycles. The van der Waals surface area contributed by atoms with E-state index in [1.807, 2.05) is 12.1 Å². The van der Waals surface area contributed by atoms with Crippen molar-refractivity contribution in [3.8, 4) is 5.75 Å². The van der Waals surface area contributed by atoms with Crippen molar-refractivity contribution in [3.05, 3.63) is 65.4 Å². The first kappa shape index (κ1) is 16.8. The summed E-state index contributed by atoms with van der Waals surface area (Å²) in [6, 6.07) is 13.8. The van der Waals surface area contributed by atoms with Crippen LogP contribution in [-0.4, -0.2) is 24.0 Å². The van der Waals surface area contributed by atoms with Crippen LogP contribution in [0.2, 0.25) is 0 Å². The van der Waals surface area contributed by atoms with Crippen molar-refractivity contribution in [3.63, 3.8) is 0 Å². The van der Waals surface area contributed by atoms with Gasteiger partial charge in [0.1, 0.15) is 5.75 Å². The maximum atomic E-state index is 12.8. The third-order valence-corrected chi connectivity index (χ3v) is 4.26. The third-order valence-electron chi connectivity index (χ3n) is 4.26. The largest absolute Gasteiger partial charge is 0.502 e. The number of hydrogen-bond acceptors (Lipinski definition) is 4. The summed E-state index contributed by atoms with van der Waals surface area (Å²) in [6.07, 6.45) is 0. The lowest BCUT2D eigenvalue weighted by Crippen LogP contribution is -2.31. The second-order valence-corrected chi connectivity index (χ2v) is 6.14. The number of anilines is 1. The van der Waals surface area contributed by atoms with Gasteiger partial charge in [0.25, 0.3) is 5.91 Å². The molecule has 1 heterocycles. The van der Waals surface area contributed by atoms with Crippen LogP contribution in [0.25, 0.3) is 5.57 Å². The summed E-state index contributed by atoms with van der Waals surface area (Å²) in [5, 5.41) is 10.2. The van der Waals surface area contributed by atoms with Crippen LogP contribution < -0.4 is 9.64 Å². The quantitative estimate of drug-likeness (QED) is 0.865. The molecule has 2 amide bonds. The normalized spacial score (nSPS) is 14.6. The minimum atomic E-state index is -0.715. The number of methoxy groups -OCH3 is 1. The average Bonchev–Trinajstić information content (AvgIpc) is 2.84. The Bertz CT molecular complexity index is 848. The van der Waals surface area contributed by atoms with Crippen LogP contribution in [0.3, 0.4) is 0 Å². The summed E-state index contributed by atoms with van der Waals surface area (Å²) in [5.41, 5.74) is 2.02. The molecular weight excluding hydrogens is 318 g/mol. The van der Waals surface area contributed by atoms with E-state index in [1.165, 1.54) is 0 Å². The second kappa shape index (κ2) is 6.43. The molecule has 1 N–H and O–H groups in total. The molecule has 0 fully saturated rings. The maximum Gasteiger partial charge on any atom is 0.301 e. The number of carbonyl (C=O) groups is 2. The van der Waals surface area contributed by atoms with E-state index >= 15 is 0 Å². The summed E-state index contributed by atoms with van der Waals surface area (Å²) in [4.78, 5) is 26.2. The van der Waals surface area contributed by atoms with Gasteiger partial charge in [0.2, 0.25) is 0 Å². The number of nitrogens with zero attached hydrogens (tertiary/aromatic N) is 1. The standard InChI is InChI=1S/C20H19NO4/c1-12(2)13-4-8-15(9-5-13)21-19(23)17(18(22)20(21)24)14-6-10-16(25-3)11-7-14/h4-12,22H,1-3H3. The van der Waals surface area contributed by atoms with Crippen molar-refractivity contribution < 1.29 is 19.4 Å². The maximum absolute atomic E-state index is 12.8. The minimum absolute atomic E-state index is 0.000546. The number of ether oxygens (including phenoxy) is 1. The van der Waals surface area contributed by atoms with E-state index in [0.717, 1.165) is 10.5 Å². The van der Waals surface area contributed by atoms with E-state index in [1.54, 1.807) is 43.5 Å². The predicted octanol–water partition coefficient (Wildman–Crippen LogP) is 3.66. The van der Waals surface area contributed by atoms with E-state index in [0.29, 0.717) is 22.9 Å². The number of aliphatic hydroxyl groups is 1. The highest BCUT2D eigenvalue weighted by atomic mass is 16.5. The van der Waals surface area contributed by atoms with Crippen LogP contribution in [0.1, 0.15) is 30.9 Å². The molecule has 0 aromatic heterocycles. The molecule has 5 nitrogen and oxygen atoms in total. The van der Waals surface area contributed by atoms with Crippen LogP contribution in [0.15, 0.2) is 54.3 Å². The molecule has 0 saturated heterocycles. The molecule has 1 aliphatic heterocycles. The molecule has 0 aliphatic carbocycles. The smallest absolute Gasteiger partial charge is 0.301 e. The van der Waals surface area contributed by atoms with Gasteiger partial charge in [0.05, 0.1) is 18.4 Å². The zero-order valence-electron chi connectivity index (χ0n) is 14.3. The van der Waals surface area contributed by atoms with E-state index in [9.17, 15) is 14.7 Å². The van der Waals surface area contributed by atoms with Gasteiger partial charge in [-0.05, 0) is 41.3 Å². The van der Waals surface area contributed by atoms with Gasteiger partial charge in [-0.2, -0.15) is 0 Å². The van der Waals surface area contributed by atoms with Crippen molar-refractivity contribution in [2.24, 2.45) is 0 Å². The monoisotopic (exact) mass is 337 g/mol. The Morgan fingerprint density at radius 1 is 0.920 bits per heavy atom. The average molecular weight is 337 g/mol. The lowest BCUT2D eigenvalue weighted by Gasteiger charge is -2.15. The molecule has 0 radical (unpaired) electrons. The first-order chi connectivity index (χ1) is 11.9. The van der Waals surface area contributed by atoms with Gasteiger partial charge in [0.15, 0.2) is 5.76 Å². The molecule has 2 aromatic rings. The highest BCUT2D eigenvalue weighted by molar-refractivity contribution is 6.44. The molecule has 0 spiro atoms. The lowest BCUT2D eigenvalue weighted by molar-refractivity contribution is -0.121. The fourth-order valence-electron chi connectivity index (χ4n) is 2.78. The highest BCUT2D eigenvalue weighted by Crippen LogP contribution is 2.33. The molecule has 0 atom stereocenters. The van der Waals surface area contributed by atoms with Crippen molar-refractivity contribution in [1.29, 1.82) is 0 Å². The molecule has 3 rings (SSSR count). The van der Waals surface area contributed by atoms with Gasteiger partial charge >= 0.3 is 5.91 Å². The molecule has 1 aliphatic rings. The summed E-state index contributed by atoms with van der Waals surface area (Å²) < 4.78 is 5.09. The van der Waals surface area contributed by atoms with E-state index in [-0.39, 0.29) is 5.57 Å². The Hall–Kier alpha value is -3.08. The first-order valence-electron chi connectivity index (χ1n) is 8.00. The minimum Gasteiger partial charge on any atom is -0.502 e. The van der Waals surface area contributed by atoms with Crippen LogP contribution in [0, 0.1) is 0 Å². The van der Waals surface area contributed by atoms with Crippen molar-refractivity contribution in [1.82, 2.24) is 0 Å². The van der Waals surface area contributed by atoms with E-state index in [2.05, 4.69) is 13.8 Å². The Kier molecular flexibility index (Phi) is 4.31. The second-order valence-electron chi connectivity index (χ2n) is 6.14. The number of aliphatic hydroxyl groups excluding tert-OH is 1. The van der Waals surface area contributed by atoms with Gasteiger partial charge in [-0.1, -0.05) is 38.1 Å². The number of amides is 2. The molecule has 0 unspecified atom stereocenters. The molecular formula is C20H19NO4. The van der Waals surface area contributed by atoms with Crippen LogP contribution >= 0.6 is 0 Å². The molecule has 2 aromatic carbocycles.